The molecule has 0 fully saturated rings. The second kappa shape index (κ2) is 3.93. The van der Waals surface area contributed by atoms with Gasteiger partial charge in [0.15, 0.2) is 0 Å². The molecule has 1 nitrogen and oxygen atoms in total. The van der Waals surface area contributed by atoms with Gasteiger partial charge in [-0.15, -0.1) is 0 Å². The Morgan fingerprint density at radius 3 is 2.08 bits per heavy atom. The van der Waals surface area contributed by atoms with Gasteiger partial charge in [0.1, 0.15) is 0 Å². The van der Waals surface area contributed by atoms with Crippen LogP contribution in [0.25, 0.3) is 0 Å². The van der Waals surface area contributed by atoms with Crippen molar-refractivity contribution in [1.29, 1.82) is 0 Å². The monoisotopic (exact) mass is 177 g/mol. The lowest BCUT2D eigenvalue weighted by Gasteiger charge is -2.12. The van der Waals surface area contributed by atoms with Crippen molar-refractivity contribution >= 4 is 0 Å². The van der Waals surface area contributed by atoms with Crippen LogP contribution in [0.5, 0.6) is 0 Å². The highest BCUT2D eigenvalue weighted by molar-refractivity contribution is 5.38. The number of aryl methyl sites for hydroxylation is 2. The maximum Gasteiger partial charge on any atom is 0.0499 e. The number of benzene rings is 1. The van der Waals surface area contributed by atoms with Crippen LogP contribution in [-0.2, 0) is 0 Å². The van der Waals surface area contributed by atoms with Crippen molar-refractivity contribution in [3.05, 3.63) is 41.3 Å². The normalized spacial score (nSPS) is 13.0. The van der Waals surface area contributed by atoms with E-state index in [2.05, 4.69) is 39.8 Å². The Bertz CT molecular complexity index is 279. The van der Waals surface area contributed by atoms with Crippen LogP contribution < -0.4 is 0 Å². The van der Waals surface area contributed by atoms with E-state index in [1.807, 2.05) is 0 Å². The minimum atomic E-state index is -0.00185. The molecule has 0 spiro atoms. The van der Waals surface area contributed by atoms with Gasteiger partial charge in [-0.1, -0.05) is 12.1 Å². The van der Waals surface area contributed by atoms with E-state index >= 15 is 0 Å². The predicted octanol–water partition coefficient (Wildman–Crippen LogP) is 2.52. The average Bonchev–Trinajstić information content (AvgIpc) is 2.12. The van der Waals surface area contributed by atoms with Crippen LogP contribution in [-0.4, -0.2) is 11.7 Å². The quantitative estimate of drug-likeness (QED) is 0.736. The third-order valence-electron chi connectivity index (χ3n) is 2.64. The minimum absolute atomic E-state index is 0.00185. The van der Waals surface area contributed by atoms with Crippen molar-refractivity contribution in [3.8, 4) is 0 Å². The topological polar surface area (TPSA) is 20.2 Å². The molecule has 0 saturated heterocycles. The maximum atomic E-state index is 8.98. The molecule has 71 valence electrons. The summed E-state index contributed by atoms with van der Waals surface area (Å²) >= 11 is 0. The first-order valence-electron chi connectivity index (χ1n) is 4.58. The van der Waals surface area contributed by atoms with Gasteiger partial charge in [-0.3, -0.25) is 0 Å². The molecule has 1 heteroatoms. The molecular formula is C12H17O. The Morgan fingerprint density at radius 2 is 1.69 bits per heavy atom. The molecule has 1 N–H and O–H groups in total. The molecule has 0 bridgehead atoms. The Hall–Kier alpha value is -0.820. The third kappa shape index (κ3) is 2.10. The molecule has 0 aliphatic carbocycles. The van der Waals surface area contributed by atoms with E-state index in [4.69, 9.17) is 5.11 Å². The summed E-state index contributed by atoms with van der Waals surface area (Å²) in [6, 6.07) is 4.21. The van der Waals surface area contributed by atoms with Gasteiger partial charge >= 0.3 is 0 Å². The number of aliphatic hydroxyl groups is 1. The molecule has 0 amide bonds. The lowest BCUT2D eigenvalue weighted by atomic mass is 9.94. The number of hydrogen-bond donors (Lipinski definition) is 1. The first-order valence-corrected chi connectivity index (χ1v) is 4.58. The summed E-state index contributed by atoms with van der Waals surface area (Å²) in [6.07, 6.45) is 0. The van der Waals surface area contributed by atoms with Crippen molar-refractivity contribution < 1.29 is 5.11 Å². The average molecular weight is 177 g/mol. The van der Waals surface area contributed by atoms with Crippen LogP contribution >= 0.6 is 0 Å². The van der Waals surface area contributed by atoms with Gasteiger partial charge in [0.2, 0.25) is 0 Å². The van der Waals surface area contributed by atoms with Crippen molar-refractivity contribution in [2.75, 3.05) is 6.61 Å². The molecule has 0 heterocycles. The minimum Gasteiger partial charge on any atom is -0.396 e. The highest BCUT2D eigenvalue weighted by atomic mass is 16.3. The van der Waals surface area contributed by atoms with Gasteiger partial charge < -0.3 is 5.11 Å². The first kappa shape index (κ1) is 10.3. The van der Waals surface area contributed by atoms with Gasteiger partial charge in [0.05, 0.1) is 0 Å². The SMILES string of the molecule is [CH2]C(CO)c1cc(C)c(C)c(C)c1. The van der Waals surface area contributed by atoms with Crippen LogP contribution in [0.4, 0.5) is 0 Å². The molecule has 1 aromatic carbocycles. The maximum absolute atomic E-state index is 8.98. The summed E-state index contributed by atoms with van der Waals surface area (Å²) in [4.78, 5) is 0. The standard InChI is InChI=1S/C12H17O/c1-8-5-12(10(3)7-13)6-9(2)11(8)4/h5-6,10,13H,3,7H2,1-2,4H3. The molecule has 0 aliphatic rings. The molecule has 1 unspecified atom stereocenters. The van der Waals surface area contributed by atoms with Crippen LogP contribution in [0.3, 0.4) is 0 Å². The van der Waals surface area contributed by atoms with E-state index in [1.165, 1.54) is 16.7 Å². The van der Waals surface area contributed by atoms with Crippen molar-refractivity contribution in [2.45, 2.75) is 26.7 Å². The van der Waals surface area contributed by atoms with Gasteiger partial charge in [0, 0.05) is 12.5 Å². The highest BCUT2D eigenvalue weighted by Gasteiger charge is 2.06. The van der Waals surface area contributed by atoms with Gasteiger partial charge in [-0.05, 0) is 49.9 Å². The predicted molar refractivity (Wildman–Crippen MR) is 55.8 cm³/mol. The van der Waals surface area contributed by atoms with Crippen LogP contribution in [0.1, 0.15) is 28.2 Å². The van der Waals surface area contributed by atoms with Gasteiger partial charge in [0.25, 0.3) is 0 Å². The summed E-state index contributed by atoms with van der Waals surface area (Å²) in [5.74, 6) is -0.00185. The summed E-state index contributed by atoms with van der Waals surface area (Å²) in [5.41, 5.74) is 5.01. The van der Waals surface area contributed by atoms with Crippen molar-refractivity contribution in [2.24, 2.45) is 0 Å². The second-order valence-corrected chi connectivity index (χ2v) is 3.66. The molecule has 1 rings (SSSR count). The lowest BCUT2D eigenvalue weighted by Crippen LogP contribution is -2.01. The lowest BCUT2D eigenvalue weighted by molar-refractivity contribution is 0.282. The fourth-order valence-electron chi connectivity index (χ4n) is 1.41. The number of aliphatic hydroxyl groups excluding tert-OH is 1. The fourth-order valence-corrected chi connectivity index (χ4v) is 1.41. The van der Waals surface area contributed by atoms with E-state index in [1.54, 1.807) is 0 Å². The summed E-state index contributed by atoms with van der Waals surface area (Å²) in [7, 11) is 0. The molecule has 0 aliphatic heterocycles. The fraction of sp³-hybridized carbons (Fsp3) is 0.417. The zero-order valence-electron chi connectivity index (χ0n) is 8.59. The van der Waals surface area contributed by atoms with E-state index in [9.17, 15) is 0 Å². The third-order valence-corrected chi connectivity index (χ3v) is 2.64. The molecule has 0 aromatic heterocycles. The van der Waals surface area contributed by atoms with E-state index in [0.29, 0.717) is 0 Å². The molecule has 13 heavy (non-hydrogen) atoms. The Morgan fingerprint density at radius 1 is 1.23 bits per heavy atom. The number of rotatable bonds is 2. The van der Waals surface area contributed by atoms with Crippen LogP contribution in [0, 0.1) is 27.7 Å². The van der Waals surface area contributed by atoms with E-state index in [0.717, 1.165) is 5.56 Å². The zero-order chi connectivity index (χ0) is 10.0. The molecule has 1 aromatic rings. The largest absolute Gasteiger partial charge is 0.396 e. The zero-order valence-corrected chi connectivity index (χ0v) is 8.59. The smallest absolute Gasteiger partial charge is 0.0499 e. The first-order chi connectivity index (χ1) is 6.06. The van der Waals surface area contributed by atoms with Crippen LogP contribution in [0.15, 0.2) is 12.1 Å². The Kier molecular flexibility index (Phi) is 3.10. The second-order valence-electron chi connectivity index (χ2n) is 3.66. The Labute approximate surface area is 80.4 Å². The van der Waals surface area contributed by atoms with Gasteiger partial charge in [-0.2, -0.15) is 0 Å². The van der Waals surface area contributed by atoms with Gasteiger partial charge in [-0.25, -0.2) is 0 Å². The summed E-state index contributed by atoms with van der Waals surface area (Å²) < 4.78 is 0. The van der Waals surface area contributed by atoms with Crippen molar-refractivity contribution in [1.82, 2.24) is 0 Å². The molecular weight excluding hydrogens is 160 g/mol. The Balaban J connectivity index is 3.13. The highest BCUT2D eigenvalue weighted by Crippen LogP contribution is 2.21. The summed E-state index contributed by atoms with van der Waals surface area (Å²) in [5, 5.41) is 8.98. The molecule has 0 saturated carbocycles. The number of hydrogen-bond acceptors (Lipinski definition) is 1. The van der Waals surface area contributed by atoms with Crippen LogP contribution in [0.2, 0.25) is 0 Å². The molecule has 1 radical (unpaired) electrons. The van der Waals surface area contributed by atoms with Crippen molar-refractivity contribution in [3.63, 3.8) is 0 Å². The van der Waals surface area contributed by atoms with E-state index in [-0.39, 0.29) is 12.5 Å². The van der Waals surface area contributed by atoms with E-state index < -0.39 is 0 Å². The molecule has 1 atom stereocenters. The summed E-state index contributed by atoms with van der Waals surface area (Å²) in [6.45, 7) is 10.3.